The second kappa shape index (κ2) is 9.94. The Balaban J connectivity index is 0.000000288. The number of carboxylic acid groups (broad SMARTS) is 2. The second-order valence-electron chi connectivity index (χ2n) is 4.97. The van der Waals surface area contributed by atoms with Crippen LogP contribution in [-0.2, 0) is 9.59 Å². The number of nitrogens with zero attached hydrogens (tertiary/aromatic N) is 3. The molecule has 0 aliphatic rings. The van der Waals surface area contributed by atoms with Crippen LogP contribution >= 0.6 is 31.9 Å². The lowest BCUT2D eigenvalue weighted by Gasteiger charge is -1.97. The minimum atomic E-state index is -5.08. The van der Waals surface area contributed by atoms with Gasteiger partial charge in [-0.1, -0.05) is 0 Å². The molecule has 3 rings (SSSR count). The van der Waals surface area contributed by atoms with Crippen LogP contribution < -0.4 is 5.73 Å². The third kappa shape index (κ3) is 7.70. The van der Waals surface area contributed by atoms with Gasteiger partial charge in [0.1, 0.15) is 21.5 Å². The molecular formula is C13H8Br2F6N6O4. The second-order valence-corrected chi connectivity index (χ2v) is 6.52. The number of fused-ring (bicyclic) bond motifs is 1. The lowest BCUT2D eigenvalue weighted by molar-refractivity contribution is -0.193. The van der Waals surface area contributed by atoms with E-state index in [9.17, 15) is 26.3 Å². The lowest BCUT2D eigenvalue weighted by atomic mass is 10.2. The molecule has 10 nitrogen and oxygen atoms in total. The number of nitrogens with two attached hydrogens (primary N) is 1. The van der Waals surface area contributed by atoms with Crippen LogP contribution in [0.5, 0.6) is 0 Å². The summed E-state index contributed by atoms with van der Waals surface area (Å²) >= 11 is 6.66. The Bertz CT molecular complexity index is 1060. The van der Waals surface area contributed by atoms with E-state index in [-0.39, 0.29) is 0 Å². The first-order valence-electron chi connectivity index (χ1n) is 7.15. The number of hydrogen-bond acceptors (Lipinski definition) is 6. The van der Waals surface area contributed by atoms with E-state index < -0.39 is 24.3 Å². The number of carbonyl (C=O) groups is 2. The molecule has 0 atom stereocenters. The predicted octanol–water partition coefficient (Wildman–Crippen LogP) is 3.72. The van der Waals surface area contributed by atoms with Gasteiger partial charge < -0.3 is 25.9 Å². The SMILES string of the molecule is Nc1nc2c(-c3nc(Br)[nH]c3Br)nccc2[nH]1.O=C(O)C(F)(F)F.O=C(O)C(F)(F)F. The monoisotopic (exact) mass is 584 g/mol. The summed E-state index contributed by atoms with van der Waals surface area (Å²) in [6, 6.07) is 1.82. The quantitative estimate of drug-likeness (QED) is 0.269. The summed E-state index contributed by atoms with van der Waals surface area (Å²) in [7, 11) is 0. The van der Waals surface area contributed by atoms with Crippen LogP contribution in [0.1, 0.15) is 0 Å². The number of aliphatic carboxylic acids is 2. The summed E-state index contributed by atoms with van der Waals surface area (Å²) in [6.07, 6.45) is -8.48. The van der Waals surface area contributed by atoms with Crippen LogP contribution in [0.2, 0.25) is 0 Å². The molecule has 0 unspecified atom stereocenters. The van der Waals surface area contributed by atoms with Gasteiger partial charge in [0.15, 0.2) is 10.7 Å². The smallest absolute Gasteiger partial charge is 0.475 e. The highest BCUT2D eigenvalue weighted by Gasteiger charge is 2.38. The molecule has 0 aromatic carbocycles. The minimum absolute atomic E-state index is 0.361. The van der Waals surface area contributed by atoms with Crippen LogP contribution in [-0.4, -0.2) is 59.4 Å². The number of H-pyrrole nitrogens is 2. The number of anilines is 1. The zero-order valence-electron chi connectivity index (χ0n) is 14.3. The van der Waals surface area contributed by atoms with Gasteiger partial charge in [0.2, 0.25) is 0 Å². The first kappa shape index (κ1) is 26.1. The zero-order valence-corrected chi connectivity index (χ0v) is 17.5. The van der Waals surface area contributed by atoms with E-state index in [1.807, 2.05) is 6.07 Å². The molecule has 0 radical (unpaired) electrons. The fourth-order valence-corrected chi connectivity index (χ4v) is 2.72. The highest BCUT2D eigenvalue weighted by molar-refractivity contribution is 9.11. The van der Waals surface area contributed by atoms with Crippen LogP contribution in [0.25, 0.3) is 22.4 Å². The van der Waals surface area contributed by atoms with Crippen molar-refractivity contribution >= 4 is 60.8 Å². The first-order valence-corrected chi connectivity index (χ1v) is 8.74. The number of nitrogens with one attached hydrogen (secondary N) is 2. The molecule has 0 saturated heterocycles. The van der Waals surface area contributed by atoms with Crippen molar-refractivity contribution in [3.05, 3.63) is 21.6 Å². The predicted molar refractivity (Wildman–Crippen MR) is 98.7 cm³/mol. The Morgan fingerprint density at radius 3 is 1.81 bits per heavy atom. The van der Waals surface area contributed by atoms with Crippen molar-refractivity contribution < 1.29 is 46.1 Å². The number of halogens is 8. The summed E-state index contributed by atoms with van der Waals surface area (Å²) in [6.45, 7) is 0. The van der Waals surface area contributed by atoms with Crippen molar-refractivity contribution in [3.8, 4) is 11.4 Å². The molecule has 31 heavy (non-hydrogen) atoms. The first-order chi connectivity index (χ1) is 14.0. The van der Waals surface area contributed by atoms with Gasteiger partial charge in [-0.15, -0.1) is 0 Å². The van der Waals surface area contributed by atoms with Gasteiger partial charge in [-0.05, 0) is 37.9 Å². The maximum absolute atomic E-state index is 10.6. The fraction of sp³-hybridized carbons (Fsp3) is 0.154. The van der Waals surface area contributed by atoms with Crippen LogP contribution in [0.15, 0.2) is 21.6 Å². The molecule has 0 spiro atoms. The van der Waals surface area contributed by atoms with E-state index in [4.69, 9.17) is 25.5 Å². The molecule has 3 aromatic rings. The fourth-order valence-electron chi connectivity index (χ4n) is 1.61. The van der Waals surface area contributed by atoms with E-state index in [2.05, 4.69) is 56.8 Å². The Labute approximate surface area is 183 Å². The van der Waals surface area contributed by atoms with Crippen molar-refractivity contribution in [2.45, 2.75) is 12.4 Å². The highest BCUT2D eigenvalue weighted by Crippen LogP contribution is 2.30. The number of rotatable bonds is 1. The van der Waals surface area contributed by atoms with Crippen molar-refractivity contribution in [2.24, 2.45) is 0 Å². The van der Waals surface area contributed by atoms with Crippen LogP contribution in [0, 0.1) is 0 Å². The van der Waals surface area contributed by atoms with Crippen molar-refractivity contribution in [2.75, 3.05) is 5.73 Å². The number of pyridine rings is 1. The van der Waals surface area contributed by atoms with Gasteiger partial charge in [-0.2, -0.15) is 26.3 Å². The summed E-state index contributed by atoms with van der Waals surface area (Å²) in [5.74, 6) is -5.15. The average Bonchev–Trinajstić information content (AvgIpc) is 3.14. The van der Waals surface area contributed by atoms with E-state index in [1.54, 1.807) is 6.20 Å². The largest absolute Gasteiger partial charge is 0.490 e. The lowest BCUT2D eigenvalue weighted by Crippen LogP contribution is -2.21. The Morgan fingerprint density at radius 2 is 1.42 bits per heavy atom. The number of carboxylic acids is 2. The molecule has 0 fully saturated rings. The van der Waals surface area contributed by atoms with E-state index in [1.165, 1.54) is 0 Å². The van der Waals surface area contributed by atoms with Gasteiger partial charge >= 0.3 is 24.3 Å². The van der Waals surface area contributed by atoms with Gasteiger partial charge in [0.25, 0.3) is 0 Å². The van der Waals surface area contributed by atoms with Gasteiger partial charge in [0, 0.05) is 6.20 Å². The molecule has 0 bridgehead atoms. The molecule has 6 N–H and O–H groups in total. The summed E-state index contributed by atoms with van der Waals surface area (Å²) in [4.78, 5) is 36.5. The maximum atomic E-state index is 10.6. The molecule has 0 saturated carbocycles. The third-order valence-corrected chi connectivity index (χ3v) is 3.71. The number of imidazole rings is 2. The summed E-state index contributed by atoms with van der Waals surface area (Å²) in [5.41, 5.74) is 8.53. The molecule has 0 amide bonds. The molecule has 0 aliphatic carbocycles. The van der Waals surface area contributed by atoms with Gasteiger partial charge in [0.05, 0.1) is 5.52 Å². The summed E-state index contributed by atoms with van der Waals surface area (Å²) < 4.78 is 64.8. The molecular weight excluding hydrogens is 578 g/mol. The molecule has 3 heterocycles. The maximum Gasteiger partial charge on any atom is 0.490 e. The van der Waals surface area contributed by atoms with Gasteiger partial charge in [-0.25, -0.2) is 19.6 Å². The number of aromatic nitrogens is 5. The number of aromatic amines is 2. The standard InChI is InChI=1S/C9H6Br2N6.2C2HF3O2/c10-7-6(15-8(11)17-7)5-4-3(1-2-13-5)14-9(12)16-4;2*3-2(4,5)1(6)7/h1-2H,(H,15,17)(H3,12,14,16);2*(H,6,7). The Morgan fingerprint density at radius 1 is 0.935 bits per heavy atom. The van der Waals surface area contributed by atoms with E-state index in [0.717, 1.165) is 10.1 Å². The molecule has 18 heteroatoms. The summed E-state index contributed by atoms with van der Waals surface area (Å²) in [5, 5.41) is 14.2. The highest BCUT2D eigenvalue weighted by atomic mass is 79.9. The Hall–Kier alpha value is -2.89. The van der Waals surface area contributed by atoms with Crippen LogP contribution in [0.3, 0.4) is 0 Å². The van der Waals surface area contributed by atoms with Crippen LogP contribution in [0.4, 0.5) is 32.3 Å². The Kier molecular flexibility index (Phi) is 8.39. The van der Waals surface area contributed by atoms with Crippen molar-refractivity contribution in [1.82, 2.24) is 24.9 Å². The third-order valence-electron chi connectivity index (χ3n) is 2.76. The zero-order chi connectivity index (χ0) is 24.1. The number of hydrogen-bond donors (Lipinski definition) is 5. The van der Waals surface area contributed by atoms with Gasteiger partial charge in [-0.3, -0.25) is 4.98 Å². The normalized spacial score (nSPS) is 11.2. The number of nitrogen functional groups attached to an aromatic ring is 1. The van der Waals surface area contributed by atoms with E-state index in [0.29, 0.717) is 27.6 Å². The topological polar surface area (TPSA) is 171 Å². The van der Waals surface area contributed by atoms with Crippen molar-refractivity contribution in [3.63, 3.8) is 0 Å². The average molecular weight is 586 g/mol. The van der Waals surface area contributed by atoms with Crippen molar-refractivity contribution in [1.29, 1.82) is 0 Å². The minimum Gasteiger partial charge on any atom is -0.475 e. The molecule has 0 aliphatic heterocycles. The molecule has 3 aromatic heterocycles. The molecule has 170 valence electrons. The number of alkyl halides is 6. The van der Waals surface area contributed by atoms with E-state index >= 15 is 0 Å².